The maximum Gasteiger partial charge on any atom is 0.306 e. The van der Waals surface area contributed by atoms with Crippen molar-refractivity contribution in [2.75, 3.05) is 19.7 Å². The van der Waals surface area contributed by atoms with Gasteiger partial charge in [0, 0.05) is 19.0 Å². The van der Waals surface area contributed by atoms with Crippen LogP contribution in [0.2, 0.25) is 0 Å². The molecule has 0 heterocycles. The number of allylic oxidation sites excluding steroid dienone is 2. The molecule has 0 aliphatic rings. The lowest BCUT2D eigenvalue weighted by molar-refractivity contribution is -0.149. The topological polar surface area (TPSA) is 46.6 Å². The first-order valence-electron chi connectivity index (χ1n) is 33.7. The van der Waals surface area contributed by atoms with Gasteiger partial charge in [-0.15, -0.1) is 0 Å². The molecule has 0 radical (unpaired) electrons. The molecule has 1 unspecified atom stereocenters. The zero-order valence-electron chi connectivity index (χ0n) is 50.1. The van der Waals surface area contributed by atoms with Gasteiger partial charge in [-0.2, -0.15) is 0 Å². The third-order valence-corrected chi connectivity index (χ3v) is 16.0. The van der Waals surface area contributed by atoms with Gasteiger partial charge in [-0.3, -0.25) is 9.59 Å². The third kappa shape index (κ3) is 54.9. The summed E-state index contributed by atoms with van der Waals surface area (Å²) in [5.74, 6) is -0.155. The molecular weight excluding hydrogens is 879 g/mol. The lowest BCUT2D eigenvalue weighted by Crippen LogP contribution is -2.38. The molecule has 0 N–H and O–H groups in total. The minimum atomic E-state index is -0.228. The maximum atomic E-state index is 14.2. The van der Waals surface area contributed by atoms with Crippen molar-refractivity contribution in [3.63, 3.8) is 0 Å². The van der Waals surface area contributed by atoms with Gasteiger partial charge in [-0.05, 0) is 51.4 Å². The quantitative estimate of drug-likeness (QED) is 0.0346. The molecule has 0 bridgehead atoms. The lowest BCUT2D eigenvalue weighted by Gasteiger charge is -2.27. The van der Waals surface area contributed by atoms with Crippen molar-refractivity contribution < 1.29 is 14.3 Å². The molecule has 0 aliphatic heterocycles. The zero-order valence-corrected chi connectivity index (χ0v) is 50.1. The van der Waals surface area contributed by atoms with E-state index in [0.717, 1.165) is 51.6 Å². The SMILES string of the molecule is CCCCCCCCCCCCCCCC/C=C/CCCCCCCCCCCCCCCCCCCCCCC(CC(=O)OCCCCCCCC)C(=O)N(CCCCCCCC)CCCCCCCC. The van der Waals surface area contributed by atoms with Crippen molar-refractivity contribution in [2.24, 2.45) is 5.92 Å². The van der Waals surface area contributed by atoms with Crippen LogP contribution in [-0.2, 0) is 14.3 Å². The maximum absolute atomic E-state index is 14.2. The molecule has 0 spiro atoms. The van der Waals surface area contributed by atoms with Gasteiger partial charge in [0.05, 0.1) is 13.0 Å². The second-order valence-corrected chi connectivity index (χ2v) is 23.3. The highest BCUT2D eigenvalue weighted by molar-refractivity contribution is 5.83. The number of hydrogen-bond acceptors (Lipinski definition) is 3. The first kappa shape index (κ1) is 70.7. The summed E-state index contributed by atoms with van der Waals surface area (Å²) in [6, 6.07) is 0. The van der Waals surface area contributed by atoms with Crippen LogP contribution in [0, 0.1) is 5.92 Å². The number of carbonyl (C=O) groups excluding carboxylic acids is 2. The van der Waals surface area contributed by atoms with Crippen LogP contribution < -0.4 is 0 Å². The monoisotopic (exact) mass is 1010 g/mol. The van der Waals surface area contributed by atoms with Crippen LogP contribution in [0.3, 0.4) is 0 Å². The van der Waals surface area contributed by atoms with Crippen LogP contribution in [0.15, 0.2) is 12.2 Å². The Morgan fingerprint density at radius 2 is 0.569 bits per heavy atom. The molecule has 0 aromatic heterocycles. The summed E-state index contributed by atoms with van der Waals surface area (Å²) in [7, 11) is 0. The van der Waals surface area contributed by atoms with E-state index in [1.807, 2.05) is 0 Å². The molecule has 0 aromatic carbocycles. The van der Waals surface area contributed by atoms with Crippen LogP contribution in [0.5, 0.6) is 0 Å². The van der Waals surface area contributed by atoms with Gasteiger partial charge in [-0.25, -0.2) is 0 Å². The molecule has 0 aliphatic carbocycles. The zero-order chi connectivity index (χ0) is 52.2. The fourth-order valence-electron chi connectivity index (χ4n) is 10.9. The molecule has 0 fully saturated rings. The van der Waals surface area contributed by atoms with Gasteiger partial charge < -0.3 is 9.64 Å². The molecule has 4 nitrogen and oxygen atoms in total. The van der Waals surface area contributed by atoms with E-state index >= 15 is 0 Å². The van der Waals surface area contributed by atoms with Gasteiger partial charge in [-0.1, -0.05) is 342 Å². The Morgan fingerprint density at radius 3 is 0.875 bits per heavy atom. The van der Waals surface area contributed by atoms with Gasteiger partial charge in [0.1, 0.15) is 0 Å². The summed E-state index contributed by atoms with van der Waals surface area (Å²) in [6.45, 7) is 11.3. The normalized spacial score (nSPS) is 12.1. The van der Waals surface area contributed by atoms with Crippen LogP contribution in [-0.4, -0.2) is 36.5 Å². The molecule has 0 aromatic rings. The largest absolute Gasteiger partial charge is 0.466 e. The van der Waals surface area contributed by atoms with E-state index in [4.69, 9.17) is 4.74 Å². The first-order valence-corrected chi connectivity index (χ1v) is 33.7. The molecule has 0 rings (SSSR count). The summed E-state index contributed by atoms with van der Waals surface area (Å²) in [5, 5.41) is 0. The number of rotatable bonds is 62. The van der Waals surface area contributed by atoms with Gasteiger partial charge >= 0.3 is 5.97 Å². The Labute approximate surface area is 454 Å². The fraction of sp³-hybridized carbons (Fsp3) is 0.941. The Bertz CT molecular complexity index is 1060. The molecule has 1 atom stereocenters. The van der Waals surface area contributed by atoms with Crippen LogP contribution >= 0.6 is 0 Å². The minimum Gasteiger partial charge on any atom is -0.466 e. The third-order valence-electron chi connectivity index (χ3n) is 16.0. The van der Waals surface area contributed by atoms with Gasteiger partial charge in [0.25, 0.3) is 0 Å². The Kier molecular flexibility index (Phi) is 61.1. The van der Waals surface area contributed by atoms with E-state index < -0.39 is 0 Å². The number of unbranched alkanes of at least 4 members (excludes halogenated alkanes) is 49. The Balaban J connectivity index is 4.05. The summed E-state index contributed by atoms with van der Waals surface area (Å²) in [5.41, 5.74) is 0. The minimum absolute atomic E-state index is 0.156. The molecule has 4 heteroatoms. The number of hydrogen-bond donors (Lipinski definition) is 0. The average Bonchev–Trinajstić information content (AvgIpc) is 3.38. The van der Waals surface area contributed by atoms with E-state index in [1.165, 1.54) is 315 Å². The number of amides is 1. The Morgan fingerprint density at radius 1 is 0.319 bits per heavy atom. The van der Waals surface area contributed by atoms with Crippen molar-refractivity contribution >= 4 is 11.9 Å². The van der Waals surface area contributed by atoms with Gasteiger partial charge in [0.2, 0.25) is 5.91 Å². The predicted octanol–water partition coefficient (Wildman–Crippen LogP) is 23.5. The second-order valence-electron chi connectivity index (χ2n) is 23.3. The number of esters is 1. The summed E-state index contributed by atoms with van der Waals surface area (Å²) in [6.07, 6.45) is 78.3. The van der Waals surface area contributed by atoms with E-state index in [0.29, 0.717) is 6.61 Å². The highest BCUT2D eigenvalue weighted by Crippen LogP contribution is 2.22. The standard InChI is InChI=1S/C68H133NO3/c1-5-9-13-17-21-22-23-24-25-26-27-28-29-30-31-32-33-34-35-36-37-38-39-40-41-42-43-44-45-46-47-48-49-50-51-52-53-57-61-66(65-67(70)72-64-60-56-20-16-12-8-4)68(71)69(62-58-54-18-14-10-6-2)63-59-55-19-15-11-7-3/h32-33,66H,5-31,34-65H2,1-4H3/b33-32+. The van der Waals surface area contributed by atoms with Crippen molar-refractivity contribution in [3.05, 3.63) is 12.2 Å². The Hall–Kier alpha value is -1.32. The van der Waals surface area contributed by atoms with E-state index in [1.54, 1.807) is 0 Å². The van der Waals surface area contributed by atoms with E-state index in [2.05, 4.69) is 44.7 Å². The van der Waals surface area contributed by atoms with Gasteiger partial charge in [0.15, 0.2) is 0 Å². The molecule has 1 amide bonds. The van der Waals surface area contributed by atoms with Crippen molar-refractivity contribution in [2.45, 2.75) is 387 Å². The number of carbonyl (C=O) groups is 2. The fourth-order valence-corrected chi connectivity index (χ4v) is 10.9. The number of ether oxygens (including phenoxy) is 1. The first-order chi connectivity index (χ1) is 35.6. The van der Waals surface area contributed by atoms with Crippen LogP contribution in [0.4, 0.5) is 0 Å². The molecule has 0 saturated heterocycles. The smallest absolute Gasteiger partial charge is 0.306 e. The summed E-state index contributed by atoms with van der Waals surface area (Å²) in [4.78, 5) is 29.5. The molecule has 428 valence electrons. The molecule has 72 heavy (non-hydrogen) atoms. The summed E-state index contributed by atoms with van der Waals surface area (Å²) < 4.78 is 5.75. The highest BCUT2D eigenvalue weighted by Gasteiger charge is 2.27. The summed E-state index contributed by atoms with van der Waals surface area (Å²) >= 11 is 0. The second kappa shape index (κ2) is 62.2. The highest BCUT2D eigenvalue weighted by atomic mass is 16.5. The lowest BCUT2D eigenvalue weighted by atomic mass is 9.95. The van der Waals surface area contributed by atoms with Crippen molar-refractivity contribution in [1.82, 2.24) is 4.90 Å². The van der Waals surface area contributed by atoms with Crippen LogP contribution in [0.1, 0.15) is 387 Å². The van der Waals surface area contributed by atoms with Crippen molar-refractivity contribution in [3.8, 4) is 0 Å². The molecule has 0 saturated carbocycles. The average molecular weight is 1010 g/mol. The van der Waals surface area contributed by atoms with E-state index in [-0.39, 0.29) is 24.2 Å². The van der Waals surface area contributed by atoms with Crippen LogP contribution in [0.25, 0.3) is 0 Å². The molecular formula is C68H133NO3. The number of nitrogens with zero attached hydrogens (tertiary/aromatic N) is 1. The predicted molar refractivity (Wildman–Crippen MR) is 321 cm³/mol. The van der Waals surface area contributed by atoms with Crippen molar-refractivity contribution in [1.29, 1.82) is 0 Å². The van der Waals surface area contributed by atoms with E-state index in [9.17, 15) is 9.59 Å².